The van der Waals surface area contributed by atoms with Gasteiger partial charge in [-0.2, -0.15) is 0 Å². The van der Waals surface area contributed by atoms with Crippen LogP contribution in [-0.4, -0.2) is 52.0 Å². The summed E-state index contributed by atoms with van der Waals surface area (Å²) in [6.45, 7) is 2.37. The van der Waals surface area contributed by atoms with Gasteiger partial charge in [0.1, 0.15) is 6.61 Å². The molecule has 0 spiro atoms. The Bertz CT molecular complexity index is 632. The van der Waals surface area contributed by atoms with E-state index in [9.17, 15) is 0 Å². The highest BCUT2D eigenvalue weighted by atomic mass is 16.5. The van der Waals surface area contributed by atoms with Crippen molar-refractivity contribution in [2.24, 2.45) is 5.92 Å². The lowest BCUT2D eigenvalue weighted by Crippen LogP contribution is -2.59. The molecule has 3 aliphatic rings. The highest BCUT2D eigenvalue weighted by Gasteiger charge is 2.54. The molecule has 0 radical (unpaired) electrons. The van der Waals surface area contributed by atoms with E-state index in [-0.39, 0.29) is 5.41 Å². The van der Waals surface area contributed by atoms with E-state index >= 15 is 0 Å². The van der Waals surface area contributed by atoms with Gasteiger partial charge in [0.15, 0.2) is 11.5 Å². The van der Waals surface area contributed by atoms with Crippen LogP contribution in [0.4, 0.5) is 0 Å². The molecule has 2 fully saturated rings. The topological polar surface area (TPSA) is 30.9 Å². The minimum absolute atomic E-state index is 0.278. The number of hydrogen-bond donors (Lipinski definition) is 0. The van der Waals surface area contributed by atoms with Crippen molar-refractivity contribution in [1.82, 2.24) is 4.90 Å². The van der Waals surface area contributed by atoms with Crippen LogP contribution in [0.5, 0.6) is 11.5 Å². The van der Waals surface area contributed by atoms with Crippen molar-refractivity contribution in [3.05, 3.63) is 23.3 Å². The van der Waals surface area contributed by atoms with Crippen LogP contribution in [-0.2, 0) is 16.6 Å². The second-order valence-corrected chi connectivity index (χ2v) is 7.98. The van der Waals surface area contributed by atoms with Crippen LogP contribution in [0.25, 0.3) is 0 Å². The summed E-state index contributed by atoms with van der Waals surface area (Å²) >= 11 is 0. The van der Waals surface area contributed by atoms with Crippen molar-refractivity contribution in [2.45, 2.75) is 50.0 Å². The Hall–Kier alpha value is -1.26. The van der Waals surface area contributed by atoms with Crippen LogP contribution < -0.4 is 9.47 Å². The van der Waals surface area contributed by atoms with Gasteiger partial charge in [-0.1, -0.05) is 18.9 Å². The summed E-state index contributed by atoms with van der Waals surface area (Å²) in [5.41, 5.74) is 3.22. The molecular formula is C21H31NO3. The van der Waals surface area contributed by atoms with Gasteiger partial charge >= 0.3 is 0 Å². The Kier molecular flexibility index (Phi) is 4.67. The maximum atomic E-state index is 6.27. The smallest absolute Gasteiger partial charge is 0.165 e. The molecule has 1 aliphatic heterocycles. The van der Waals surface area contributed by atoms with E-state index in [1.165, 1.54) is 49.8 Å². The monoisotopic (exact) mass is 345 g/mol. The molecule has 1 aromatic carbocycles. The first-order valence-electron chi connectivity index (χ1n) is 9.73. The fourth-order valence-corrected chi connectivity index (χ4v) is 5.80. The van der Waals surface area contributed by atoms with Crippen LogP contribution in [0.3, 0.4) is 0 Å². The van der Waals surface area contributed by atoms with E-state index < -0.39 is 0 Å². The number of hydrogen-bond acceptors (Lipinski definition) is 4. The number of benzene rings is 1. The molecule has 3 atom stereocenters. The zero-order valence-electron chi connectivity index (χ0n) is 15.8. The molecule has 2 aliphatic carbocycles. The summed E-state index contributed by atoms with van der Waals surface area (Å²) in [4.78, 5) is 2.60. The average Bonchev–Trinajstić information content (AvgIpc) is 2.64. The van der Waals surface area contributed by atoms with Gasteiger partial charge in [0.05, 0.1) is 13.7 Å². The first-order chi connectivity index (χ1) is 12.2. The Morgan fingerprint density at radius 2 is 2.04 bits per heavy atom. The van der Waals surface area contributed by atoms with Crippen molar-refractivity contribution in [1.29, 1.82) is 0 Å². The van der Waals surface area contributed by atoms with Crippen LogP contribution >= 0.6 is 0 Å². The van der Waals surface area contributed by atoms with E-state index in [0.717, 1.165) is 23.8 Å². The Morgan fingerprint density at radius 3 is 2.84 bits per heavy atom. The summed E-state index contributed by atoms with van der Waals surface area (Å²) in [7, 11) is 5.79. The summed E-state index contributed by atoms with van der Waals surface area (Å²) in [5.74, 6) is 2.63. The summed E-state index contributed by atoms with van der Waals surface area (Å²) in [6.07, 6.45) is 7.73. The average molecular weight is 345 g/mol. The lowest BCUT2D eigenvalue weighted by molar-refractivity contribution is 0.000588. The van der Waals surface area contributed by atoms with Crippen LogP contribution in [0.15, 0.2) is 12.1 Å². The number of nitrogens with zero attached hydrogens (tertiary/aromatic N) is 1. The maximum absolute atomic E-state index is 6.27. The highest BCUT2D eigenvalue weighted by molar-refractivity contribution is 5.57. The minimum Gasteiger partial charge on any atom is -0.493 e. The predicted octanol–water partition coefficient (Wildman–Crippen LogP) is 3.41. The lowest BCUT2D eigenvalue weighted by Gasteiger charge is -2.58. The number of ether oxygens (including phenoxy) is 3. The molecule has 1 heterocycles. The quantitative estimate of drug-likeness (QED) is 0.765. The van der Waals surface area contributed by atoms with Crippen LogP contribution in [0, 0.1) is 5.92 Å². The minimum atomic E-state index is 0.278. The van der Waals surface area contributed by atoms with Crippen molar-refractivity contribution in [3.8, 4) is 11.5 Å². The molecule has 0 unspecified atom stereocenters. The van der Waals surface area contributed by atoms with Gasteiger partial charge in [0.2, 0.25) is 0 Å². The van der Waals surface area contributed by atoms with Crippen molar-refractivity contribution < 1.29 is 14.2 Å². The Labute approximate surface area is 151 Å². The summed E-state index contributed by atoms with van der Waals surface area (Å²) in [6, 6.07) is 5.06. The lowest BCUT2D eigenvalue weighted by atomic mass is 9.52. The molecule has 0 amide bonds. The molecule has 25 heavy (non-hydrogen) atoms. The van der Waals surface area contributed by atoms with Gasteiger partial charge in [-0.3, -0.25) is 0 Å². The van der Waals surface area contributed by atoms with Crippen molar-refractivity contribution >= 4 is 0 Å². The van der Waals surface area contributed by atoms with E-state index in [1.54, 1.807) is 14.2 Å². The number of likely N-dealkylation sites (N-methyl/N-ethyl adjacent to an activating group) is 1. The fourth-order valence-electron chi connectivity index (χ4n) is 5.80. The van der Waals surface area contributed by atoms with Gasteiger partial charge in [0, 0.05) is 24.1 Å². The van der Waals surface area contributed by atoms with Gasteiger partial charge in [-0.15, -0.1) is 0 Å². The molecule has 1 saturated heterocycles. The van der Waals surface area contributed by atoms with Crippen LogP contribution in [0.1, 0.15) is 43.2 Å². The molecule has 0 N–H and O–H groups in total. The molecule has 0 aromatic heterocycles. The molecule has 4 heteroatoms. The number of likely N-dealkylation sites (tertiary alicyclic amines) is 1. The van der Waals surface area contributed by atoms with Gasteiger partial charge in [-0.05, 0) is 56.8 Å². The number of piperidine rings is 1. The van der Waals surface area contributed by atoms with Gasteiger partial charge < -0.3 is 19.1 Å². The fraction of sp³-hybridized carbons (Fsp3) is 0.714. The van der Waals surface area contributed by atoms with Gasteiger partial charge in [0.25, 0.3) is 0 Å². The zero-order chi connectivity index (χ0) is 17.4. The molecule has 4 rings (SSSR count). The van der Waals surface area contributed by atoms with E-state index in [0.29, 0.717) is 19.3 Å². The largest absolute Gasteiger partial charge is 0.493 e. The Morgan fingerprint density at radius 1 is 1.16 bits per heavy atom. The van der Waals surface area contributed by atoms with E-state index in [2.05, 4.69) is 24.1 Å². The summed E-state index contributed by atoms with van der Waals surface area (Å²) < 4.78 is 17.2. The van der Waals surface area contributed by atoms with E-state index in [4.69, 9.17) is 14.2 Å². The third-order valence-electron chi connectivity index (χ3n) is 6.93. The normalized spacial score (nSPS) is 31.2. The number of rotatable bonds is 5. The SMILES string of the molecule is COCCOc1c(OC)ccc2c1[C@@]13CCCC[C@H]1[C@@H](C2)N(C)CC3. The second-order valence-electron chi connectivity index (χ2n) is 7.98. The molecule has 138 valence electrons. The third kappa shape index (κ3) is 2.65. The third-order valence-corrected chi connectivity index (χ3v) is 6.93. The molecule has 2 bridgehead atoms. The zero-order valence-corrected chi connectivity index (χ0v) is 15.8. The predicted molar refractivity (Wildman–Crippen MR) is 98.7 cm³/mol. The van der Waals surface area contributed by atoms with Crippen molar-refractivity contribution in [2.75, 3.05) is 41.0 Å². The Balaban J connectivity index is 1.83. The molecule has 1 saturated carbocycles. The maximum Gasteiger partial charge on any atom is 0.165 e. The first kappa shape index (κ1) is 17.2. The molecule has 4 nitrogen and oxygen atoms in total. The van der Waals surface area contributed by atoms with E-state index in [1.807, 2.05) is 0 Å². The van der Waals surface area contributed by atoms with Crippen molar-refractivity contribution in [3.63, 3.8) is 0 Å². The molecule has 1 aromatic rings. The second kappa shape index (κ2) is 6.81. The molecular weight excluding hydrogens is 314 g/mol. The van der Waals surface area contributed by atoms with Crippen LogP contribution in [0.2, 0.25) is 0 Å². The number of methoxy groups -OCH3 is 2. The summed E-state index contributed by atoms with van der Waals surface area (Å²) in [5, 5.41) is 0. The highest BCUT2D eigenvalue weighted by Crippen LogP contribution is 2.59. The first-order valence-corrected chi connectivity index (χ1v) is 9.73. The van der Waals surface area contributed by atoms with Gasteiger partial charge in [-0.25, -0.2) is 0 Å². The number of fused-ring (bicyclic) bond motifs is 1. The standard InChI is InChI=1S/C21H31NO3/c1-22-11-10-21-9-5-4-6-16(21)17(22)14-15-7-8-18(24-3)20(19(15)21)25-13-12-23-2/h7-8,16-17H,4-6,9-14H2,1-3H3/t16-,17+,21+/m0/s1.